The van der Waals surface area contributed by atoms with E-state index in [1.165, 1.54) is 22.9 Å². The van der Waals surface area contributed by atoms with Crippen LogP contribution in [0.25, 0.3) is 6.20 Å². The lowest BCUT2D eigenvalue weighted by atomic mass is 9.86. The third-order valence-corrected chi connectivity index (χ3v) is 3.61. The normalized spacial score (nSPS) is 24.1. The predicted octanol–water partition coefficient (Wildman–Crippen LogP) is 0.170. The molecule has 6 nitrogen and oxygen atoms in total. The molecule has 1 unspecified atom stereocenters. The van der Waals surface area contributed by atoms with Crippen LogP contribution in [0.2, 0.25) is 0 Å². The number of pyridine rings is 1. The number of aromatic nitrogens is 1. The summed E-state index contributed by atoms with van der Waals surface area (Å²) in [6.07, 6.45) is 2.72. The van der Waals surface area contributed by atoms with Gasteiger partial charge in [0, 0.05) is 17.8 Å². The van der Waals surface area contributed by atoms with E-state index in [4.69, 9.17) is 4.74 Å². The van der Waals surface area contributed by atoms with Crippen molar-refractivity contribution in [2.75, 3.05) is 0 Å². The lowest BCUT2D eigenvalue weighted by molar-refractivity contribution is -0.172. The molecule has 0 aromatic carbocycles. The third kappa shape index (κ3) is 1.37. The van der Waals surface area contributed by atoms with E-state index in [2.05, 4.69) is 0 Å². The SMILES string of the molecule is CCC1(O)C(=O)OCc2c1cc1n(c2=O)C=CC1=O. The van der Waals surface area contributed by atoms with Crippen LogP contribution in [0.4, 0.5) is 0 Å². The van der Waals surface area contributed by atoms with Gasteiger partial charge in [-0.15, -0.1) is 0 Å². The summed E-state index contributed by atoms with van der Waals surface area (Å²) in [5.74, 6) is -1.11. The maximum Gasteiger partial charge on any atom is 0.343 e. The number of esters is 1. The highest BCUT2D eigenvalue weighted by Gasteiger charge is 2.45. The monoisotopic (exact) mass is 261 g/mol. The lowest BCUT2D eigenvalue weighted by Gasteiger charge is -2.31. The fraction of sp³-hybridized carbons (Fsp3) is 0.308. The van der Waals surface area contributed by atoms with Crippen LogP contribution in [0.3, 0.4) is 0 Å². The molecule has 3 rings (SSSR count). The van der Waals surface area contributed by atoms with Gasteiger partial charge in [0.15, 0.2) is 5.60 Å². The average molecular weight is 261 g/mol. The van der Waals surface area contributed by atoms with Crippen molar-refractivity contribution in [1.82, 2.24) is 4.57 Å². The fourth-order valence-corrected chi connectivity index (χ4v) is 2.44. The number of fused-ring (bicyclic) bond motifs is 2. The van der Waals surface area contributed by atoms with Crippen LogP contribution in [-0.2, 0) is 21.7 Å². The van der Waals surface area contributed by atoms with Crippen molar-refractivity contribution >= 4 is 18.0 Å². The van der Waals surface area contributed by atoms with Gasteiger partial charge in [0.2, 0.25) is 5.78 Å². The first-order valence-corrected chi connectivity index (χ1v) is 5.90. The Balaban J connectivity index is 2.35. The summed E-state index contributed by atoms with van der Waals surface area (Å²) in [6, 6.07) is 1.41. The van der Waals surface area contributed by atoms with Crippen molar-refractivity contribution in [3.05, 3.63) is 39.3 Å². The van der Waals surface area contributed by atoms with Crippen LogP contribution >= 0.6 is 0 Å². The molecule has 6 heteroatoms. The summed E-state index contributed by atoms with van der Waals surface area (Å²) in [5, 5.41) is 10.4. The topological polar surface area (TPSA) is 85.6 Å². The summed E-state index contributed by atoms with van der Waals surface area (Å²) in [6.45, 7) is 1.43. The molecule has 1 aromatic heterocycles. The molecule has 1 N–H and O–H groups in total. The number of hydrogen-bond acceptors (Lipinski definition) is 5. The molecule has 1 aromatic rings. The smallest absolute Gasteiger partial charge is 0.343 e. The van der Waals surface area contributed by atoms with Crippen molar-refractivity contribution in [3.63, 3.8) is 0 Å². The van der Waals surface area contributed by atoms with Gasteiger partial charge < -0.3 is 9.84 Å². The van der Waals surface area contributed by atoms with Crippen LogP contribution in [0.15, 0.2) is 16.9 Å². The van der Waals surface area contributed by atoms with Crippen LogP contribution in [0.5, 0.6) is 0 Å². The van der Waals surface area contributed by atoms with Crippen LogP contribution < -0.4 is 5.56 Å². The molecule has 0 saturated carbocycles. The number of rotatable bonds is 1. The number of aliphatic hydroxyl groups is 1. The maximum atomic E-state index is 12.2. The average Bonchev–Trinajstić information content (AvgIpc) is 2.77. The minimum absolute atomic E-state index is 0.0728. The summed E-state index contributed by atoms with van der Waals surface area (Å²) in [7, 11) is 0. The molecule has 2 aliphatic heterocycles. The van der Waals surface area contributed by atoms with Gasteiger partial charge in [-0.05, 0) is 12.5 Å². The van der Waals surface area contributed by atoms with Crippen molar-refractivity contribution < 1.29 is 19.4 Å². The summed E-state index contributed by atoms with van der Waals surface area (Å²) >= 11 is 0. The second-order valence-corrected chi connectivity index (χ2v) is 4.57. The Morgan fingerprint density at radius 1 is 1.42 bits per heavy atom. The molecule has 19 heavy (non-hydrogen) atoms. The molecule has 3 heterocycles. The Kier molecular flexibility index (Phi) is 2.27. The second kappa shape index (κ2) is 3.64. The van der Waals surface area contributed by atoms with Gasteiger partial charge in [-0.25, -0.2) is 4.79 Å². The van der Waals surface area contributed by atoms with Gasteiger partial charge in [0.25, 0.3) is 5.56 Å². The van der Waals surface area contributed by atoms with Gasteiger partial charge >= 0.3 is 5.97 Å². The number of ketones is 1. The highest BCUT2D eigenvalue weighted by Crippen LogP contribution is 2.33. The van der Waals surface area contributed by atoms with Gasteiger partial charge in [-0.2, -0.15) is 0 Å². The number of nitrogens with zero attached hydrogens (tertiary/aromatic N) is 1. The van der Waals surface area contributed by atoms with E-state index in [0.29, 0.717) is 0 Å². The Hall–Kier alpha value is -2.21. The molecule has 2 aliphatic rings. The minimum Gasteiger partial charge on any atom is -0.458 e. The molecule has 0 saturated heterocycles. The highest BCUT2D eigenvalue weighted by atomic mass is 16.6. The molecule has 0 amide bonds. The van der Waals surface area contributed by atoms with Crippen molar-refractivity contribution in [1.29, 1.82) is 0 Å². The van der Waals surface area contributed by atoms with E-state index in [0.717, 1.165) is 0 Å². The first-order valence-electron chi connectivity index (χ1n) is 5.90. The van der Waals surface area contributed by atoms with E-state index >= 15 is 0 Å². The molecule has 0 aliphatic carbocycles. The van der Waals surface area contributed by atoms with E-state index in [-0.39, 0.29) is 35.6 Å². The fourth-order valence-electron chi connectivity index (χ4n) is 2.44. The lowest BCUT2D eigenvalue weighted by Crippen LogP contribution is -2.44. The standard InChI is InChI=1S/C13H11NO5/c1-2-13(18)8-5-9-10(15)3-4-14(9)11(16)7(8)6-19-12(13)17/h3-5,18H,2,6H2,1H3. The minimum atomic E-state index is -1.86. The molecular formula is C13H11NO5. The Morgan fingerprint density at radius 3 is 2.84 bits per heavy atom. The van der Waals surface area contributed by atoms with E-state index in [9.17, 15) is 19.5 Å². The molecule has 98 valence electrons. The summed E-state index contributed by atoms with van der Waals surface area (Å²) in [5.41, 5.74) is -1.74. The number of hydrogen-bond donors (Lipinski definition) is 1. The van der Waals surface area contributed by atoms with Crippen LogP contribution in [0, 0.1) is 0 Å². The molecule has 1 atom stereocenters. The highest BCUT2D eigenvalue weighted by molar-refractivity contribution is 6.08. The third-order valence-electron chi connectivity index (χ3n) is 3.61. The van der Waals surface area contributed by atoms with E-state index in [1.807, 2.05) is 0 Å². The number of cyclic esters (lactones) is 1. The van der Waals surface area contributed by atoms with Crippen LogP contribution in [0.1, 0.15) is 35.0 Å². The number of carbonyl (C=O) groups is 2. The molecular weight excluding hydrogens is 250 g/mol. The van der Waals surface area contributed by atoms with Crippen molar-refractivity contribution in [2.24, 2.45) is 0 Å². The zero-order chi connectivity index (χ0) is 13.8. The molecule has 0 spiro atoms. The zero-order valence-electron chi connectivity index (χ0n) is 10.2. The second-order valence-electron chi connectivity index (χ2n) is 4.57. The zero-order valence-corrected chi connectivity index (χ0v) is 10.2. The Morgan fingerprint density at radius 2 is 2.16 bits per heavy atom. The van der Waals surface area contributed by atoms with Crippen molar-refractivity contribution in [3.8, 4) is 0 Å². The Bertz CT molecular complexity index is 700. The summed E-state index contributed by atoms with van der Waals surface area (Å²) in [4.78, 5) is 35.6. The van der Waals surface area contributed by atoms with Gasteiger partial charge in [-0.3, -0.25) is 14.2 Å². The van der Waals surface area contributed by atoms with E-state index in [1.54, 1.807) is 6.92 Å². The van der Waals surface area contributed by atoms with E-state index < -0.39 is 17.1 Å². The first-order chi connectivity index (χ1) is 8.99. The first kappa shape index (κ1) is 11.9. The number of ether oxygens (including phenoxy) is 1. The maximum absolute atomic E-state index is 12.2. The summed E-state index contributed by atoms with van der Waals surface area (Å²) < 4.78 is 6.07. The van der Waals surface area contributed by atoms with Gasteiger partial charge in [-0.1, -0.05) is 6.92 Å². The van der Waals surface area contributed by atoms with Gasteiger partial charge in [0.1, 0.15) is 6.61 Å². The predicted molar refractivity (Wildman–Crippen MR) is 64.3 cm³/mol. The Labute approximate surface area is 107 Å². The molecule has 0 bridgehead atoms. The molecule has 0 radical (unpaired) electrons. The van der Waals surface area contributed by atoms with Gasteiger partial charge in [0.05, 0.1) is 11.3 Å². The number of allylic oxidation sites excluding steroid dienone is 1. The van der Waals surface area contributed by atoms with Crippen molar-refractivity contribution in [2.45, 2.75) is 25.6 Å². The molecule has 0 fully saturated rings. The number of carbonyl (C=O) groups excluding carboxylic acids is 2. The quantitative estimate of drug-likeness (QED) is 0.728. The van der Waals surface area contributed by atoms with Crippen LogP contribution in [-0.4, -0.2) is 21.4 Å². The largest absolute Gasteiger partial charge is 0.458 e.